The number of anilines is 1. The zero-order valence-corrected chi connectivity index (χ0v) is 9.60. The van der Waals surface area contributed by atoms with Crippen molar-refractivity contribution in [1.82, 2.24) is 4.98 Å². The number of fused-ring (bicyclic) bond motifs is 1. The summed E-state index contributed by atoms with van der Waals surface area (Å²) < 4.78 is 5.74. The number of ether oxygens (including phenoxy) is 1. The molecule has 0 spiro atoms. The van der Waals surface area contributed by atoms with Crippen molar-refractivity contribution < 1.29 is 4.74 Å². The van der Waals surface area contributed by atoms with Crippen molar-refractivity contribution in [2.24, 2.45) is 5.92 Å². The van der Waals surface area contributed by atoms with E-state index < -0.39 is 0 Å². The molecule has 0 aliphatic rings. The molecular formula is C13H16N2O. The van der Waals surface area contributed by atoms with E-state index >= 15 is 0 Å². The maximum absolute atomic E-state index is 5.86. The lowest BCUT2D eigenvalue weighted by Crippen LogP contribution is -2.05. The van der Waals surface area contributed by atoms with Gasteiger partial charge in [-0.15, -0.1) is 0 Å². The Balaban J connectivity index is 2.42. The van der Waals surface area contributed by atoms with E-state index in [1.807, 2.05) is 24.3 Å². The first-order valence-electron chi connectivity index (χ1n) is 5.44. The summed E-state index contributed by atoms with van der Waals surface area (Å²) in [4.78, 5) is 4.26. The molecule has 0 atom stereocenters. The van der Waals surface area contributed by atoms with E-state index in [0.717, 1.165) is 16.7 Å². The fraction of sp³-hybridized carbons (Fsp3) is 0.308. The highest BCUT2D eigenvalue weighted by atomic mass is 16.5. The van der Waals surface area contributed by atoms with Gasteiger partial charge in [0.05, 0.1) is 17.8 Å². The molecule has 0 fully saturated rings. The van der Waals surface area contributed by atoms with E-state index in [0.29, 0.717) is 18.2 Å². The summed E-state index contributed by atoms with van der Waals surface area (Å²) in [5.41, 5.74) is 7.36. The number of aromatic nitrogens is 1. The number of hydrogen-bond acceptors (Lipinski definition) is 3. The van der Waals surface area contributed by atoms with Gasteiger partial charge in [-0.2, -0.15) is 0 Å². The minimum atomic E-state index is 0.504. The molecular weight excluding hydrogens is 200 g/mol. The lowest BCUT2D eigenvalue weighted by atomic mass is 10.1. The van der Waals surface area contributed by atoms with E-state index in [4.69, 9.17) is 10.5 Å². The molecule has 1 heterocycles. The molecule has 0 radical (unpaired) electrons. The van der Waals surface area contributed by atoms with Gasteiger partial charge >= 0.3 is 0 Å². The van der Waals surface area contributed by atoms with Crippen LogP contribution in [0, 0.1) is 5.92 Å². The van der Waals surface area contributed by atoms with Crippen LogP contribution < -0.4 is 10.5 Å². The molecule has 1 aromatic carbocycles. The van der Waals surface area contributed by atoms with Gasteiger partial charge in [0, 0.05) is 11.6 Å². The normalized spacial score (nSPS) is 10.9. The smallest absolute Gasteiger partial charge is 0.128 e. The van der Waals surface area contributed by atoms with Crippen LogP contribution in [0.5, 0.6) is 5.75 Å². The Kier molecular flexibility index (Phi) is 2.95. The van der Waals surface area contributed by atoms with Crippen LogP contribution in [-0.4, -0.2) is 11.6 Å². The fourth-order valence-corrected chi connectivity index (χ4v) is 1.55. The molecule has 2 aromatic rings. The third-order valence-electron chi connectivity index (χ3n) is 2.33. The van der Waals surface area contributed by atoms with Crippen LogP contribution in [0.1, 0.15) is 13.8 Å². The number of nitrogens with two attached hydrogens (primary N) is 1. The van der Waals surface area contributed by atoms with Crippen LogP contribution in [0.2, 0.25) is 0 Å². The Bertz CT molecular complexity index is 494. The molecule has 0 saturated carbocycles. The van der Waals surface area contributed by atoms with Crippen molar-refractivity contribution in [2.75, 3.05) is 12.3 Å². The SMILES string of the molecule is CC(C)COc1ccc(N)c2ncccc12. The molecule has 0 amide bonds. The van der Waals surface area contributed by atoms with E-state index in [1.165, 1.54) is 0 Å². The molecule has 0 bridgehead atoms. The van der Waals surface area contributed by atoms with E-state index in [2.05, 4.69) is 18.8 Å². The predicted molar refractivity (Wildman–Crippen MR) is 66.5 cm³/mol. The molecule has 0 aliphatic carbocycles. The molecule has 84 valence electrons. The Morgan fingerprint density at radius 1 is 1.31 bits per heavy atom. The van der Waals surface area contributed by atoms with E-state index in [1.54, 1.807) is 6.20 Å². The zero-order valence-electron chi connectivity index (χ0n) is 9.60. The van der Waals surface area contributed by atoms with Gasteiger partial charge in [0.25, 0.3) is 0 Å². The third-order valence-corrected chi connectivity index (χ3v) is 2.33. The molecule has 3 nitrogen and oxygen atoms in total. The lowest BCUT2D eigenvalue weighted by molar-refractivity contribution is 0.274. The number of rotatable bonds is 3. The van der Waals surface area contributed by atoms with E-state index in [-0.39, 0.29) is 0 Å². The fourth-order valence-electron chi connectivity index (χ4n) is 1.55. The molecule has 2 rings (SSSR count). The second-order valence-corrected chi connectivity index (χ2v) is 4.26. The first kappa shape index (κ1) is 10.7. The topological polar surface area (TPSA) is 48.1 Å². The maximum atomic E-state index is 5.86. The van der Waals surface area contributed by atoms with Gasteiger partial charge in [-0.3, -0.25) is 4.98 Å². The zero-order chi connectivity index (χ0) is 11.5. The Hall–Kier alpha value is -1.77. The standard InChI is InChI=1S/C13H16N2O/c1-9(2)8-16-12-6-5-11(14)13-10(12)4-3-7-15-13/h3-7,9H,8,14H2,1-2H3. The van der Waals surface area contributed by atoms with Gasteiger partial charge in [-0.05, 0) is 30.2 Å². The van der Waals surface area contributed by atoms with Gasteiger partial charge in [0.2, 0.25) is 0 Å². The number of hydrogen-bond donors (Lipinski definition) is 1. The van der Waals surface area contributed by atoms with Crippen LogP contribution in [-0.2, 0) is 0 Å². The Labute approximate surface area is 95.2 Å². The lowest BCUT2D eigenvalue weighted by Gasteiger charge is -2.11. The van der Waals surface area contributed by atoms with Crippen molar-refractivity contribution >= 4 is 16.6 Å². The number of nitrogen functional groups attached to an aromatic ring is 1. The first-order chi connectivity index (χ1) is 7.68. The second kappa shape index (κ2) is 4.39. The summed E-state index contributed by atoms with van der Waals surface area (Å²) in [6.07, 6.45) is 1.74. The first-order valence-corrected chi connectivity index (χ1v) is 5.44. The summed E-state index contributed by atoms with van der Waals surface area (Å²) in [6.45, 7) is 4.95. The quantitative estimate of drug-likeness (QED) is 0.802. The summed E-state index contributed by atoms with van der Waals surface area (Å²) >= 11 is 0. The number of pyridine rings is 1. The van der Waals surface area contributed by atoms with Crippen molar-refractivity contribution in [1.29, 1.82) is 0 Å². The molecule has 0 unspecified atom stereocenters. The van der Waals surface area contributed by atoms with Crippen molar-refractivity contribution in [3.05, 3.63) is 30.5 Å². The molecule has 0 saturated heterocycles. The minimum Gasteiger partial charge on any atom is -0.493 e. The average Bonchev–Trinajstić information content (AvgIpc) is 2.28. The highest BCUT2D eigenvalue weighted by molar-refractivity contribution is 5.93. The van der Waals surface area contributed by atoms with Crippen LogP contribution in [0.25, 0.3) is 10.9 Å². The van der Waals surface area contributed by atoms with Gasteiger partial charge in [0.1, 0.15) is 5.75 Å². The van der Waals surface area contributed by atoms with Crippen molar-refractivity contribution in [3.63, 3.8) is 0 Å². The van der Waals surface area contributed by atoms with Crippen LogP contribution >= 0.6 is 0 Å². The van der Waals surface area contributed by atoms with Crippen LogP contribution in [0.4, 0.5) is 5.69 Å². The van der Waals surface area contributed by atoms with Crippen LogP contribution in [0.15, 0.2) is 30.5 Å². The summed E-state index contributed by atoms with van der Waals surface area (Å²) in [5.74, 6) is 1.36. The second-order valence-electron chi connectivity index (χ2n) is 4.26. The summed E-state index contributed by atoms with van der Waals surface area (Å²) in [6, 6.07) is 7.62. The van der Waals surface area contributed by atoms with Crippen LogP contribution in [0.3, 0.4) is 0 Å². The third kappa shape index (κ3) is 2.08. The molecule has 1 aromatic heterocycles. The maximum Gasteiger partial charge on any atom is 0.128 e. The molecule has 0 aliphatic heterocycles. The number of nitrogens with zero attached hydrogens (tertiary/aromatic N) is 1. The highest BCUT2D eigenvalue weighted by Crippen LogP contribution is 2.28. The molecule has 3 heteroatoms. The van der Waals surface area contributed by atoms with Gasteiger partial charge in [-0.1, -0.05) is 13.8 Å². The van der Waals surface area contributed by atoms with Crippen molar-refractivity contribution in [3.8, 4) is 5.75 Å². The largest absolute Gasteiger partial charge is 0.493 e. The molecule has 2 N–H and O–H groups in total. The summed E-state index contributed by atoms with van der Waals surface area (Å²) in [5, 5.41) is 0.975. The Morgan fingerprint density at radius 2 is 2.12 bits per heavy atom. The van der Waals surface area contributed by atoms with Crippen molar-refractivity contribution in [2.45, 2.75) is 13.8 Å². The summed E-state index contributed by atoms with van der Waals surface area (Å²) in [7, 11) is 0. The Morgan fingerprint density at radius 3 is 2.88 bits per heavy atom. The van der Waals surface area contributed by atoms with Gasteiger partial charge < -0.3 is 10.5 Å². The number of benzene rings is 1. The monoisotopic (exact) mass is 216 g/mol. The van der Waals surface area contributed by atoms with Gasteiger partial charge in [0.15, 0.2) is 0 Å². The predicted octanol–water partition coefficient (Wildman–Crippen LogP) is 2.85. The van der Waals surface area contributed by atoms with E-state index in [9.17, 15) is 0 Å². The van der Waals surface area contributed by atoms with Gasteiger partial charge in [-0.25, -0.2) is 0 Å². The average molecular weight is 216 g/mol. The minimum absolute atomic E-state index is 0.504. The molecule has 16 heavy (non-hydrogen) atoms. The highest BCUT2D eigenvalue weighted by Gasteiger charge is 2.06.